The predicted octanol–water partition coefficient (Wildman–Crippen LogP) is 6.49. The normalized spacial score (nSPS) is 13.7. The zero-order chi connectivity index (χ0) is 21.2. The summed E-state index contributed by atoms with van der Waals surface area (Å²) in [5, 5.41) is 10.2. The number of ether oxygens (including phenoxy) is 1. The van der Waals surface area contributed by atoms with Crippen LogP contribution in [0, 0.1) is 0 Å². The smallest absolute Gasteiger partial charge is 0.200 e. The monoisotopic (exact) mass is 408 g/mol. The van der Waals surface area contributed by atoms with Crippen LogP contribution in [0.1, 0.15) is 78.9 Å². The summed E-state index contributed by atoms with van der Waals surface area (Å²) < 4.78 is 12.3. The van der Waals surface area contributed by atoms with Crippen LogP contribution in [-0.2, 0) is 22.2 Å². The first-order valence-electron chi connectivity index (χ1n) is 11.2. The molecule has 1 atom stereocenters. The summed E-state index contributed by atoms with van der Waals surface area (Å²) >= 11 is 0. The molecule has 0 aliphatic rings. The van der Waals surface area contributed by atoms with Crippen molar-refractivity contribution in [2.45, 2.75) is 103 Å². The van der Waals surface area contributed by atoms with Gasteiger partial charge < -0.3 is 14.3 Å². The Balaban J connectivity index is 2.25. The molecule has 4 heteroatoms. The van der Waals surface area contributed by atoms with Gasteiger partial charge in [0.15, 0.2) is 8.32 Å². The van der Waals surface area contributed by atoms with E-state index in [1.807, 2.05) is 0 Å². The van der Waals surface area contributed by atoms with Gasteiger partial charge in [-0.05, 0) is 53.4 Å². The second-order valence-corrected chi connectivity index (χ2v) is 14.5. The van der Waals surface area contributed by atoms with Crippen LogP contribution in [0.25, 0.3) is 0 Å². The summed E-state index contributed by atoms with van der Waals surface area (Å²) in [6.07, 6.45) is 3.43. The molecule has 0 spiro atoms. The lowest BCUT2D eigenvalue weighted by Crippen LogP contribution is -2.47. The first-order chi connectivity index (χ1) is 13.2. The molecule has 1 unspecified atom stereocenters. The zero-order valence-electron chi connectivity index (χ0n) is 19.3. The van der Waals surface area contributed by atoms with Crippen molar-refractivity contribution < 1.29 is 14.3 Å². The van der Waals surface area contributed by atoms with E-state index in [2.05, 4.69) is 72.7 Å². The Kier molecular flexibility index (Phi) is 11.6. The van der Waals surface area contributed by atoms with Gasteiger partial charge in [-0.25, -0.2) is 0 Å². The van der Waals surface area contributed by atoms with Gasteiger partial charge in [0.05, 0.1) is 19.3 Å². The molecule has 0 bridgehead atoms. The number of benzene rings is 1. The molecule has 0 aliphatic heterocycles. The number of rotatable bonds is 14. The zero-order valence-corrected chi connectivity index (χ0v) is 20.3. The molecular formula is C24H44O3Si. The van der Waals surface area contributed by atoms with E-state index in [0.717, 1.165) is 37.9 Å². The predicted molar refractivity (Wildman–Crippen MR) is 122 cm³/mol. The number of aliphatic hydroxyl groups excluding tert-OH is 1. The summed E-state index contributed by atoms with van der Waals surface area (Å²) in [5.74, 6) is 0. The molecule has 0 aliphatic carbocycles. The third-order valence-corrected chi connectivity index (χ3v) is 12.1. The highest BCUT2D eigenvalue weighted by Crippen LogP contribution is 2.42. The molecule has 0 saturated carbocycles. The number of aryl methyl sites for hydroxylation is 1. The Morgan fingerprint density at radius 1 is 0.857 bits per heavy atom. The van der Waals surface area contributed by atoms with E-state index in [-0.39, 0.29) is 0 Å². The number of unbranched alkanes of at least 4 members (excludes halogenated alkanes) is 1. The lowest BCUT2D eigenvalue weighted by molar-refractivity contribution is 0.0229. The molecule has 1 rings (SSSR count). The lowest BCUT2D eigenvalue weighted by Gasteiger charge is -2.42. The summed E-state index contributed by atoms with van der Waals surface area (Å²) in [6, 6.07) is 8.50. The summed E-state index contributed by atoms with van der Waals surface area (Å²) in [4.78, 5) is 0. The highest BCUT2D eigenvalue weighted by molar-refractivity contribution is 6.77. The van der Waals surface area contributed by atoms with E-state index in [0.29, 0.717) is 29.8 Å². The van der Waals surface area contributed by atoms with Crippen LogP contribution in [0.5, 0.6) is 0 Å². The lowest BCUT2D eigenvalue weighted by atomic mass is 10.1. The van der Waals surface area contributed by atoms with Crippen molar-refractivity contribution >= 4 is 8.32 Å². The summed E-state index contributed by atoms with van der Waals surface area (Å²) in [7, 11) is -1.76. The van der Waals surface area contributed by atoms with Crippen molar-refractivity contribution in [3.63, 3.8) is 0 Å². The van der Waals surface area contributed by atoms with Crippen molar-refractivity contribution in [2.75, 3.05) is 13.2 Å². The van der Waals surface area contributed by atoms with Gasteiger partial charge in [0, 0.05) is 6.61 Å². The van der Waals surface area contributed by atoms with E-state index in [1.165, 1.54) is 5.56 Å². The van der Waals surface area contributed by atoms with E-state index in [4.69, 9.17) is 9.16 Å². The van der Waals surface area contributed by atoms with Gasteiger partial charge in [0.1, 0.15) is 0 Å². The average Bonchev–Trinajstić information content (AvgIpc) is 2.64. The van der Waals surface area contributed by atoms with E-state index in [9.17, 15) is 5.11 Å². The first kappa shape index (κ1) is 25.4. The Morgan fingerprint density at radius 2 is 1.39 bits per heavy atom. The first-order valence-corrected chi connectivity index (χ1v) is 13.4. The molecule has 28 heavy (non-hydrogen) atoms. The maximum absolute atomic E-state index is 10.2. The van der Waals surface area contributed by atoms with Gasteiger partial charge in [-0.15, -0.1) is 0 Å². The molecule has 0 amide bonds. The maximum Gasteiger partial charge on any atom is 0.200 e. The van der Waals surface area contributed by atoms with Gasteiger partial charge >= 0.3 is 0 Å². The molecule has 1 aromatic carbocycles. The Bertz CT molecular complexity index is 503. The minimum absolute atomic E-state index is 0.391. The molecule has 162 valence electrons. The Morgan fingerprint density at radius 3 is 1.89 bits per heavy atom. The van der Waals surface area contributed by atoms with Crippen molar-refractivity contribution in [3.05, 3.63) is 35.4 Å². The SMILES string of the molecule is CCc1ccc(COCC(O)CCCCO[Si](C(C)C)(C(C)C)C(C)C)cc1. The average molecular weight is 409 g/mol. The van der Waals surface area contributed by atoms with Gasteiger partial charge in [-0.2, -0.15) is 0 Å². The largest absolute Gasteiger partial charge is 0.416 e. The van der Waals surface area contributed by atoms with Crippen LogP contribution in [0.15, 0.2) is 24.3 Å². The number of aliphatic hydroxyl groups is 1. The van der Waals surface area contributed by atoms with Crippen LogP contribution in [-0.4, -0.2) is 32.7 Å². The van der Waals surface area contributed by atoms with Gasteiger partial charge in [-0.1, -0.05) is 72.7 Å². The highest BCUT2D eigenvalue weighted by atomic mass is 28.4. The second-order valence-electron chi connectivity index (χ2n) is 9.00. The summed E-state index contributed by atoms with van der Waals surface area (Å²) in [5.41, 5.74) is 4.37. The van der Waals surface area contributed by atoms with Crippen molar-refractivity contribution in [1.29, 1.82) is 0 Å². The molecule has 0 fully saturated rings. The van der Waals surface area contributed by atoms with E-state index >= 15 is 0 Å². The van der Waals surface area contributed by atoms with Gasteiger partial charge in [0.25, 0.3) is 0 Å². The Labute approximate surface area is 175 Å². The maximum atomic E-state index is 10.2. The van der Waals surface area contributed by atoms with E-state index < -0.39 is 14.4 Å². The molecule has 0 saturated heterocycles. The van der Waals surface area contributed by atoms with Crippen molar-refractivity contribution in [3.8, 4) is 0 Å². The quantitative estimate of drug-likeness (QED) is 0.282. The van der Waals surface area contributed by atoms with E-state index in [1.54, 1.807) is 0 Å². The number of hydrogen-bond acceptors (Lipinski definition) is 3. The number of hydrogen-bond donors (Lipinski definition) is 1. The van der Waals surface area contributed by atoms with Crippen LogP contribution < -0.4 is 0 Å². The third kappa shape index (κ3) is 7.62. The van der Waals surface area contributed by atoms with Crippen molar-refractivity contribution in [1.82, 2.24) is 0 Å². The topological polar surface area (TPSA) is 38.7 Å². The van der Waals surface area contributed by atoms with Crippen molar-refractivity contribution in [2.24, 2.45) is 0 Å². The fourth-order valence-corrected chi connectivity index (χ4v) is 10.00. The van der Waals surface area contributed by atoms with Gasteiger partial charge in [0.2, 0.25) is 0 Å². The molecular weight excluding hydrogens is 364 g/mol. The molecule has 3 nitrogen and oxygen atoms in total. The third-order valence-electron chi connectivity index (χ3n) is 6.00. The van der Waals surface area contributed by atoms with Crippen LogP contribution >= 0.6 is 0 Å². The summed E-state index contributed by atoms with van der Waals surface area (Å²) in [6.45, 7) is 17.9. The highest BCUT2D eigenvalue weighted by Gasteiger charge is 2.44. The minimum Gasteiger partial charge on any atom is -0.416 e. The Hall–Kier alpha value is -0.683. The molecule has 0 radical (unpaired) electrons. The minimum atomic E-state index is -1.76. The standard InChI is InChI=1S/C24H44O3Si/c1-8-22-12-14-23(15-13-22)17-26-18-24(25)11-9-10-16-27-28(19(2)3,20(4)5)21(6)7/h12-15,19-21,24-25H,8-11,16-18H2,1-7H3. The molecule has 0 aromatic heterocycles. The second kappa shape index (κ2) is 12.8. The molecule has 1 aromatic rings. The fourth-order valence-electron chi connectivity index (χ4n) is 4.50. The van der Waals surface area contributed by atoms with Gasteiger partial charge in [-0.3, -0.25) is 0 Å². The van der Waals surface area contributed by atoms with Crippen LogP contribution in [0.2, 0.25) is 16.6 Å². The van der Waals surface area contributed by atoms with Crippen LogP contribution in [0.4, 0.5) is 0 Å². The molecule has 0 heterocycles. The fraction of sp³-hybridized carbons (Fsp3) is 0.750. The van der Waals surface area contributed by atoms with Crippen LogP contribution in [0.3, 0.4) is 0 Å². The molecule has 1 N–H and O–H groups in total.